The van der Waals surface area contributed by atoms with Crippen molar-refractivity contribution < 1.29 is 9.00 Å². The highest BCUT2D eigenvalue weighted by Crippen LogP contribution is 2.16. The van der Waals surface area contributed by atoms with E-state index in [1.165, 1.54) is 0 Å². The molecule has 1 N–H and O–H groups in total. The topological polar surface area (TPSA) is 46.2 Å². The first kappa shape index (κ1) is 13.9. The van der Waals surface area contributed by atoms with Crippen molar-refractivity contribution >= 4 is 28.3 Å². The molecule has 0 rings (SSSR count). The molecule has 5 heteroatoms. The second-order valence-corrected chi connectivity index (χ2v) is 6.11. The summed E-state index contributed by atoms with van der Waals surface area (Å²) in [5.74, 6) is 0.187. The van der Waals surface area contributed by atoms with Crippen molar-refractivity contribution in [2.75, 3.05) is 18.7 Å². The molecule has 0 aliphatic carbocycles. The number of hydrogen-bond donors (Lipinski definition) is 1. The lowest BCUT2D eigenvalue weighted by atomic mass is 9.95. The van der Waals surface area contributed by atoms with Crippen LogP contribution in [-0.4, -0.2) is 34.0 Å². The first-order valence-corrected chi connectivity index (χ1v) is 6.63. The highest BCUT2D eigenvalue weighted by molar-refractivity contribution is 7.84. The SMILES string of the molecule is CC(CNC(=O)C(C)(C)CCl)S(C)=O. The van der Waals surface area contributed by atoms with Crippen LogP contribution in [0.4, 0.5) is 0 Å². The Kier molecular flexibility index (Phi) is 5.67. The monoisotopic (exact) mass is 239 g/mol. The first-order valence-electron chi connectivity index (χ1n) is 4.47. The summed E-state index contributed by atoms with van der Waals surface area (Å²) in [5, 5.41) is 2.72. The molecule has 0 aromatic carbocycles. The van der Waals surface area contributed by atoms with Gasteiger partial charge in [-0.15, -0.1) is 11.6 Å². The van der Waals surface area contributed by atoms with Crippen LogP contribution in [0, 0.1) is 5.41 Å². The molecule has 2 unspecified atom stereocenters. The molecular weight excluding hydrogens is 222 g/mol. The van der Waals surface area contributed by atoms with Gasteiger partial charge in [-0.2, -0.15) is 0 Å². The summed E-state index contributed by atoms with van der Waals surface area (Å²) in [6.07, 6.45) is 1.63. The fraction of sp³-hybridized carbons (Fsp3) is 0.889. The Morgan fingerprint density at radius 1 is 1.57 bits per heavy atom. The fourth-order valence-electron chi connectivity index (χ4n) is 0.654. The molecule has 0 aliphatic rings. The molecule has 0 aromatic heterocycles. The number of nitrogens with one attached hydrogen (secondary N) is 1. The molecule has 0 fully saturated rings. The highest BCUT2D eigenvalue weighted by atomic mass is 35.5. The molecular formula is C9H18ClNO2S. The summed E-state index contributed by atoms with van der Waals surface area (Å²) in [5.41, 5.74) is -0.559. The molecule has 0 bridgehead atoms. The van der Waals surface area contributed by atoms with E-state index >= 15 is 0 Å². The van der Waals surface area contributed by atoms with Gasteiger partial charge < -0.3 is 5.32 Å². The third kappa shape index (κ3) is 4.42. The molecule has 3 nitrogen and oxygen atoms in total. The molecule has 0 aliphatic heterocycles. The summed E-state index contributed by atoms with van der Waals surface area (Å²) in [6, 6.07) is 0. The fourth-order valence-corrected chi connectivity index (χ4v) is 1.09. The van der Waals surface area contributed by atoms with E-state index in [-0.39, 0.29) is 17.0 Å². The van der Waals surface area contributed by atoms with Gasteiger partial charge in [-0.05, 0) is 20.8 Å². The summed E-state index contributed by atoms with van der Waals surface area (Å²) < 4.78 is 11.0. The number of alkyl halides is 1. The van der Waals surface area contributed by atoms with Gasteiger partial charge in [-0.3, -0.25) is 9.00 Å². The quantitative estimate of drug-likeness (QED) is 0.732. The molecule has 14 heavy (non-hydrogen) atoms. The van der Waals surface area contributed by atoms with Crippen LogP contribution >= 0.6 is 11.6 Å². The second-order valence-electron chi connectivity index (χ2n) is 4.04. The summed E-state index contributed by atoms with van der Waals surface area (Å²) >= 11 is 5.65. The van der Waals surface area contributed by atoms with Gasteiger partial charge in [0.2, 0.25) is 5.91 Å². The zero-order valence-electron chi connectivity index (χ0n) is 9.09. The second kappa shape index (κ2) is 5.71. The zero-order valence-corrected chi connectivity index (χ0v) is 10.7. The van der Waals surface area contributed by atoms with Gasteiger partial charge in [0.05, 0.1) is 5.41 Å². The Morgan fingerprint density at radius 2 is 2.07 bits per heavy atom. The Bertz CT molecular complexity index is 231. The van der Waals surface area contributed by atoms with Crippen molar-refractivity contribution in [3.8, 4) is 0 Å². The van der Waals surface area contributed by atoms with Crippen molar-refractivity contribution in [1.29, 1.82) is 0 Å². The molecule has 0 radical (unpaired) electrons. The average molecular weight is 240 g/mol. The van der Waals surface area contributed by atoms with Crippen LogP contribution in [0.5, 0.6) is 0 Å². The largest absolute Gasteiger partial charge is 0.354 e. The predicted octanol–water partition coefficient (Wildman–Crippen LogP) is 1.13. The van der Waals surface area contributed by atoms with Crippen LogP contribution in [0.2, 0.25) is 0 Å². The van der Waals surface area contributed by atoms with Crippen molar-refractivity contribution in [2.24, 2.45) is 5.41 Å². The van der Waals surface area contributed by atoms with Gasteiger partial charge in [0.15, 0.2) is 0 Å². The number of rotatable bonds is 5. The molecule has 0 spiro atoms. The van der Waals surface area contributed by atoms with Crippen LogP contribution < -0.4 is 5.32 Å². The normalized spacial score (nSPS) is 16.1. The maximum atomic E-state index is 11.5. The van der Waals surface area contributed by atoms with E-state index in [1.54, 1.807) is 20.1 Å². The van der Waals surface area contributed by atoms with E-state index in [1.807, 2.05) is 6.92 Å². The summed E-state index contributed by atoms with van der Waals surface area (Å²) in [4.78, 5) is 11.5. The van der Waals surface area contributed by atoms with Crippen molar-refractivity contribution in [3.63, 3.8) is 0 Å². The maximum absolute atomic E-state index is 11.5. The Labute approximate surface area is 93.0 Å². The number of carbonyl (C=O) groups is 1. The zero-order chi connectivity index (χ0) is 11.4. The van der Waals surface area contributed by atoms with Gasteiger partial charge in [0.1, 0.15) is 0 Å². The number of hydrogen-bond acceptors (Lipinski definition) is 2. The van der Waals surface area contributed by atoms with Gasteiger partial charge >= 0.3 is 0 Å². The molecule has 2 atom stereocenters. The van der Waals surface area contributed by atoms with Gasteiger partial charge in [0.25, 0.3) is 0 Å². The minimum Gasteiger partial charge on any atom is -0.354 e. The maximum Gasteiger partial charge on any atom is 0.226 e. The minimum atomic E-state index is -0.903. The minimum absolute atomic E-state index is 0.0231. The molecule has 0 heterocycles. The Balaban J connectivity index is 4.03. The van der Waals surface area contributed by atoms with Crippen molar-refractivity contribution in [1.82, 2.24) is 5.32 Å². The number of carbonyl (C=O) groups excluding carboxylic acids is 1. The lowest BCUT2D eigenvalue weighted by Gasteiger charge is -2.21. The van der Waals surface area contributed by atoms with Gasteiger partial charge in [-0.25, -0.2) is 0 Å². The van der Waals surface area contributed by atoms with Crippen LogP contribution in [0.25, 0.3) is 0 Å². The Hall–Kier alpha value is -0.0900. The molecule has 0 aromatic rings. The summed E-state index contributed by atoms with van der Waals surface area (Å²) in [6.45, 7) is 5.83. The highest BCUT2D eigenvalue weighted by Gasteiger charge is 2.26. The van der Waals surface area contributed by atoms with Crippen molar-refractivity contribution in [2.45, 2.75) is 26.0 Å². The standard InChI is InChI=1S/C9H18ClNO2S/c1-7(14(4)13)5-11-8(12)9(2,3)6-10/h7H,5-6H2,1-4H3,(H,11,12). The van der Waals surface area contributed by atoms with Crippen LogP contribution in [0.15, 0.2) is 0 Å². The summed E-state index contributed by atoms with van der Waals surface area (Å²) in [7, 11) is -0.903. The smallest absolute Gasteiger partial charge is 0.226 e. The van der Waals surface area contributed by atoms with E-state index in [0.29, 0.717) is 6.54 Å². The lowest BCUT2D eigenvalue weighted by Crippen LogP contribution is -2.41. The van der Waals surface area contributed by atoms with Gasteiger partial charge in [0, 0.05) is 34.7 Å². The van der Waals surface area contributed by atoms with E-state index in [2.05, 4.69) is 5.32 Å². The lowest BCUT2D eigenvalue weighted by molar-refractivity contribution is -0.128. The Morgan fingerprint density at radius 3 is 2.43 bits per heavy atom. The molecule has 0 saturated heterocycles. The van der Waals surface area contributed by atoms with E-state index in [0.717, 1.165) is 0 Å². The number of halogens is 1. The van der Waals surface area contributed by atoms with Crippen LogP contribution in [0.3, 0.4) is 0 Å². The molecule has 0 saturated carbocycles. The van der Waals surface area contributed by atoms with Crippen molar-refractivity contribution in [3.05, 3.63) is 0 Å². The van der Waals surface area contributed by atoms with E-state index in [4.69, 9.17) is 11.6 Å². The van der Waals surface area contributed by atoms with E-state index in [9.17, 15) is 9.00 Å². The van der Waals surface area contributed by atoms with Crippen LogP contribution in [-0.2, 0) is 15.6 Å². The molecule has 84 valence electrons. The third-order valence-corrected chi connectivity index (χ3v) is 4.03. The van der Waals surface area contributed by atoms with Gasteiger partial charge in [-0.1, -0.05) is 0 Å². The van der Waals surface area contributed by atoms with E-state index < -0.39 is 16.2 Å². The first-order chi connectivity index (χ1) is 6.31. The predicted molar refractivity (Wildman–Crippen MR) is 61.0 cm³/mol. The average Bonchev–Trinajstić information content (AvgIpc) is 2.13. The number of amides is 1. The third-order valence-electron chi connectivity index (χ3n) is 2.07. The van der Waals surface area contributed by atoms with Crippen LogP contribution in [0.1, 0.15) is 20.8 Å². The molecule has 1 amide bonds.